The lowest BCUT2D eigenvalue weighted by molar-refractivity contribution is -0.123. The Balaban J connectivity index is 3.40. The van der Waals surface area contributed by atoms with Gasteiger partial charge in [-0.3, -0.25) is 4.79 Å². The molecule has 0 aliphatic rings. The number of aliphatic hydroxyl groups excluding tert-OH is 2. The predicted molar refractivity (Wildman–Crippen MR) is 267 cm³/mol. The van der Waals surface area contributed by atoms with Crippen LogP contribution >= 0.6 is 0 Å². The zero-order valence-electron chi connectivity index (χ0n) is 41.3. The molecule has 0 aliphatic heterocycles. The Hall–Kier alpha value is -0.870. The van der Waals surface area contributed by atoms with Gasteiger partial charge in [0.1, 0.15) is 0 Å². The number of unbranched alkanes of at least 4 members (excludes halogenated alkanes) is 45. The molecule has 0 saturated carbocycles. The van der Waals surface area contributed by atoms with Crippen molar-refractivity contribution < 1.29 is 15.0 Å². The van der Waals surface area contributed by atoms with Crippen LogP contribution in [0.3, 0.4) is 0 Å². The molecular weight excluding hydrogens is 735 g/mol. The molecule has 0 aliphatic carbocycles. The predicted octanol–water partition coefficient (Wildman–Crippen LogP) is 18.1. The van der Waals surface area contributed by atoms with Crippen molar-refractivity contribution in [2.45, 2.75) is 334 Å². The van der Waals surface area contributed by atoms with E-state index in [2.05, 4.69) is 19.2 Å². The zero-order valence-corrected chi connectivity index (χ0v) is 41.3. The number of allylic oxidation sites excluding steroid dienone is 1. The van der Waals surface area contributed by atoms with Crippen LogP contribution < -0.4 is 5.32 Å². The summed E-state index contributed by atoms with van der Waals surface area (Å²) in [5.41, 5.74) is 0. The number of hydrogen-bond acceptors (Lipinski definition) is 3. The molecule has 2 atom stereocenters. The van der Waals surface area contributed by atoms with Gasteiger partial charge in [0.15, 0.2) is 0 Å². The Kier molecular flexibility index (Phi) is 51.7. The second-order valence-electron chi connectivity index (χ2n) is 19.4. The monoisotopic (exact) mass is 846 g/mol. The summed E-state index contributed by atoms with van der Waals surface area (Å²) in [4.78, 5) is 12.4. The van der Waals surface area contributed by atoms with Gasteiger partial charge in [0.05, 0.1) is 18.8 Å². The highest BCUT2D eigenvalue weighted by molar-refractivity contribution is 5.76. The lowest BCUT2D eigenvalue weighted by atomic mass is 10.0. The number of carbonyl (C=O) groups excluding carboxylic acids is 1. The molecule has 0 bridgehead atoms. The summed E-state index contributed by atoms with van der Waals surface area (Å²) in [6, 6.07) is -0.617. The summed E-state index contributed by atoms with van der Waals surface area (Å²) < 4.78 is 0. The molecule has 4 heteroatoms. The van der Waals surface area contributed by atoms with Gasteiger partial charge < -0.3 is 15.5 Å². The normalized spacial score (nSPS) is 12.8. The fraction of sp³-hybridized carbons (Fsp3) is 0.946. The first-order chi connectivity index (χ1) is 29.7. The van der Waals surface area contributed by atoms with Crippen molar-refractivity contribution in [3.8, 4) is 0 Å². The van der Waals surface area contributed by atoms with Gasteiger partial charge in [0.25, 0.3) is 0 Å². The van der Waals surface area contributed by atoms with Gasteiger partial charge in [-0.05, 0) is 19.3 Å². The number of hydrogen-bond donors (Lipinski definition) is 3. The third-order valence-corrected chi connectivity index (χ3v) is 13.3. The molecular formula is C56H111NO3. The Bertz CT molecular complexity index is 829. The van der Waals surface area contributed by atoms with Gasteiger partial charge in [0, 0.05) is 6.42 Å². The van der Waals surface area contributed by atoms with Gasteiger partial charge in [-0.25, -0.2) is 0 Å². The molecule has 0 aromatic carbocycles. The highest BCUT2D eigenvalue weighted by Crippen LogP contribution is 2.18. The van der Waals surface area contributed by atoms with Crippen molar-refractivity contribution in [2.75, 3.05) is 6.61 Å². The maximum absolute atomic E-state index is 12.4. The minimum atomic E-state index is -0.835. The highest BCUT2D eigenvalue weighted by atomic mass is 16.3. The number of nitrogens with one attached hydrogen (secondary N) is 1. The van der Waals surface area contributed by atoms with Gasteiger partial charge in [0.2, 0.25) is 5.91 Å². The molecule has 60 heavy (non-hydrogen) atoms. The topological polar surface area (TPSA) is 69.6 Å². The quantitative estimate of drug-likeness (QED) is 0.0422. The fourth-order valence-corrected chi connectivity index (χ4v) is 9.01. The summed E-state index contributed by atoms with van der Waals surface area (Å²) in [6.45, 7) is 4.34. The molecule has 0 saturated heterocycles. The van der Waals surface area contributed by atoms with Crippen LogP contribution in [0.15, 0.2) is 12.2 Å². The van der Waals surface area contributed by atoms with E-state index in [4.69, 9.17) is 0 Å². The zero-order chi connectivity index (χ0) is 43.5. The summed E-state index contributed by atoms with van der Waals surface area (Å²) in [6.07, 6.45) is 68.1. The van der Waals surface area contributed by atoms with E-state index >= 15 is 0 Å². The number of rotatable bonds is 52. The second kappa shape index (κ2) is 52.5. The van der Waals surface area contributed by atoms with Crippen LogP contribution in [0.1, 0.15) is 322 Å². The summed E-state index contributed by atoms with van der Waals surface area (Å²) in [5, 5.41) is 23.1. The second-order valence-corrected chi connectivity index (χ2v) is 19.4. The Labute approximate surface area is 377 Å². The molecule has 0 spiro atoms. The van der Waals surface area contributed by atoms with Crippen LogP contribution in [0.5, 0.6) is 0 Å². The van der Waals surface area contributed by atoms with E-state index < -0.39 is 12.1 Å². The van der Waals surface area contributed by atoms with E-state index in [9.17, 15) is 15.0 Å². The van der Waals surface area contributed by atoms with Crippen LogP contribution in [-0.2, 0) is 4.79 Å². The van der Waals surface area contributed by atoms with Crippen molar-refractivity contribution >= 4 is 5.91 Å². The van der Waals surface area contributed by atoms with Crippen LogP contribution in [0.2, 0.25) is 0 Å². The number of amides is 1. The number of carbonyl (C=O) groups is 1. The van der Waals surface area contributed by atoms with Crippen LogP contribution in [0.25, 0.3) is 0 Å². The van der Waals surface area contributed by atoms with Gasteiger partial charge in [-0.1, -0.05) is 309 Å². The summed E-state index contributed by atoms with van der Waals surface area (Å²) >= 11 is 0. The van der Waals surface area contributed by atoms with Gasteiger partial charge in [-0.15, -0.1) is 0 Å². The lowest BCUT2D eigenvalue weighted by Gasteiger charge is -2.20. The SMILES string of the molecule is CCCCCCCCCCCCCCCCCCCCCCCCCCCCCCCCC/C=C/C(O)C(CO)NC(=O)CCCCCCCCCCCCCCCCC. The Morgan fingerprint density at radius 1 is 0.383 bits per heavy atom. The molecule has 0 aromatic heterocycles. The number of aliphatic hydroxyl groups is 2. The molecule has 1 amide bonds. The van der Waals surface area contributed by atoms with Crippen LogP contribution in [-0.4, -0.2) is 34.9 Å². The lowest BCUT2D eigenvalue weighted by Crippen LogP contribution is -2.45. The van der Waals surface area contributed by atoms with E-state index in [1.54, 1.807) is 6.08 Å². The third-order valence-electron chi connectivity index (χ3n) is 13.3. The van der Waals surface area contributed by atoms with E-state index in [-0.39, 0.29) is 12.5 Å². The third kappa shape index (κ3) is 48.2. The summed E-state index contributed by atoms with van der Waals surface area (Å²) in [5.74, 6) is -0.0580. The standard InChI is InChI=1S/C56H111NO3/c1-3-5-7-9-11-13-15-17-19-20-21-22-23-24-25-26-27-28-29-30-31-32-33-34-35-36-38-39-41-43-45-47-49-51-55(59)54(53-58)57-56(60)52-50-48-46-44-42-40-37-18-16-14-12-10-8-6-4-2/h49,51,54-55,58-59H,3-48,50,52-53H2,1-2H3,(H,57,60)/b51-49+. The van der Waals surface area contributed by atoms with Crippen molar-refractivity contribution in [1.82, 2.24) is 5.32 Å². The molecule has 0 radical (unpaired) electrons. The van der Waals surface area contributed by atoms with Crippen LogP contribution in [0.4, 0.5) is 0 Å². The average Bonchev–Trinajstić information content (AvgIpc) is 3.25. The highest BCUT2D eigenvalue weighted by Gasteiger charge is 2.18. The van der Waals surface area contributed by atoms with Crippen molar-refractivity contribution in [2.24, 2.45) is 0 Å². The van der Waals surface area contributed by atoms with E-state index in [1.807, 2.05) is 6.08 Å². The largest absolute Gasteiger partial charge is 0.394 e. The first-order valence-electron chi connectivity index (χ1n) is 27.9. The van der Waals surface area contributed by atoms with Crippen molar-refractivity contribution in [1.29, 1.82) is 0 Å². The molecule has 2 unspecified atom stereocenters. The fourth-order valence-electron chi connectivity index (χ4n) is 9.01. The molecule has 3 N–H and O–H groups in total. The smallest absolute Gasteiger partial charge is 0.220 e. The average molecular weight is 847 g/mol. The maximum atomic E-state index is 12.4. The molecule has 0 fully saturated rings. The first-order valence-corrected chi connectivity index (χ1v) is 27.9. The van der Waals surface area contributed by atoms with Crippen molar-refractivity contribution in [3.63, 3.8) is 0 Å². The van der Waals surface area contributed by atoms with Gasteiger partial charge in [-0.2, -0.15) is 0 Å². The van der Waals surface area contributed by atoms with E-state index in [1.165, 1.54) is 276 Å². The van der Waals surface area contributed by atoms with Crippen molar-refractivity contribution in [3.05, 3.63) is 12.2 Å². The van der Waals surface area contributed by atoms with Crippen LogP contribution in [0, 0.1) is 0 Å². The minimum Gasteiger partial charge on any atom is -0.394 e. The molecule has 0 rings (SSSR count). The Morgan fingerprint density at radius 3 is 0.867 bits per heavy atom. The first kappa shape index (κ1) is 59.1. The molecule has 4 nitrogen and oxygen atoms in total. The van der Waals surface area contributed by atoms with E-state index in [0.29, 0.717) is 6.42 Å². The molecule has 0 aromatic rings. The maximum Gasteiger partial charge on any atom is 0.220 e. The summed E-state index contributed by atoms with van der Waals surface area (Å²) in [7, 11) is 0. The minimum absolute atomic E-state index is 0.0580. The molecule has 358 valence electrons. The molecule has 0 heterocycles. The Morgan fingerprint density at radius 2 is 0.617 bits per heavy atom. The van der Waals surface area contributed by atoms with E-state index in [0.717, 1.165) is 25.7 Å². The van der Waals surface area contributed by atoms with Gasteiger partial charge >= 0.3 is 0 Å².